The van der Waals surface area contributed by atoms with Crippen LogP contribution in [-0.4, -0.2) is 34.3 Å². The van der Waals surface area contributed by atoms with Crippen molar-refractivity contribution in [2.75, 3.05) is 18.0 Å². The minimum atomic E-state index is -2.64. The van der Waals surface area contributed by atoms with E-state index in [1.165, 1.54) is 12.1 Å². The second-order valence-corrected chi connectivity index (χ2v) is 9.77. The number of halogens is 3. The van der Waals surface area contributed by atoms with E-state index in [-0.39, 0.29) is 11.7 Å². The van der Waals surface area contributed by atoms with Gasteiger partial charge in [-0.3, -0.25) is 14.5 Å². The van der Waals surface area contributed by atoms with Crippen molar-refractivity contribution in [2.45, 2.75) is 32.9 Å². The molecule has 5 rings (SSSR count). The summed E-state index contributed by atoms with van der Waals surface area (Å²) in [5.41, 5.74) is 5.48. The van der Waals surface area contributed by atoms with Gasteiger partial charge in [0.15, 0.2) is 0 Å². The van der Waals surface area contributed by atoms with Crippen LogP contribution in [0.3, 0.4) is 0 Å². The Labute approximate surface area is 215 Å². The molecule has 0 bridgehead atoms. The summed E-state index contributed by atoms with van der Waals surface area (Å²) < 4.78 is 43.9. The van der Waals surface area contributed by atoms with Crippen molar-refractivity contribution in [3.63, 3.8) is 0 Å². The van der Waals surface area contributed by atoms with Gasteiger partial charge in [-0.2, -0.15) is 13.9 Å². The van der Waals surface area contributed by atoms with Crippen LogP contribution in [0.4, 0.5) is 18.9 Å². The fourth-order valence-electron chi connectivity index (χ4n) is 5.48. The maximum Gasteiger partial charge on any atom is 0.319 e. The highest BCUT2D eigenvalue weighted by atomic mass is 19.3. The minimum absolute atomic E-state index is 0.00284. The van der Waals surface area contributed by atoms with Crippen LogP contribution in [0.25, 0.3) is 22.2 Å². The SMILES string of the molecule is C=C(C1CCN(Cc2cccc3c(-c4cccc(F)c4)nn(C)c23)CC1)N(c1ccccc1C)C(F)F. The zero-order valence-electron chi connectivity index (χ0n) is 21.2. The van der Waals surface area contributed by atoms with E-state index >= 15 is 0 Å². The summed E-state index contributed by atoms with van der Waals surface area (Å²) in [7, 11) is 1.91. The van der Waals surface area contributed by atoms with Crippen LogP contribution >= 0.6 is 0 Å². The largest absolute Gasteiger partial charge is 0.319 e. The van der Waals surface area contributed by atoms with Crippen LogP contribution < -0.4 is 4.90 Å². The first-order valence-corrected chi connectivity index (χ1v) is 12.6. The molecule has 0 aliphatic carbocycles. The Morgan fingerprint density at radius 3 is 2.49 bits per heavy atom. The lowest BCUT2D eigenvalue weighted by Gasteiger charge is -2.37. The fourth-order valence-corrected chi connectivity index (χ4v) is 5.48. The molecule has 0 atom stereocenters. The van der Waals surface area contributed by atoms with Crippen LogP contribution in [0.15, 0.2) is 79.0 Å². The Morgan fingerprint density at radius 1 is 1.05 bits per heavy atom. The van der Waals surface area contributed by atoms with Gasteiger partial charge in [0.05, 0.1) is 5.52 Å². The summed E-state index contributed by atoms with van der Waals surface area (Å²) in [6.45, 7) is 5.63. The Hall–Kier alpha value is -3.58. The molecule has 0 spiro atoms. The summed E-state index contributed by atoms with van der Waals surface area (Å²) in [4.78, 5) is 3.45. The Bertz CT molecular complexity index is 1420. The smallest absolute Gasteiger partial charge is 0.299 e. The molecule has 1 fully saturated rings. The monoisotopic (exact) mass is 504 g/mol. The fraction of sp³-hybridized carbons (Fsp3) is 0.300. The molecule has 4 nitrogen and oxygen atoms in total. The highest BCUT2D eigenvalue weighted by Gasteiger charge is 2.30. The number of para-hydroxylation sites is 2. The molecule has 37 heavy (non-hydrogen) atoms. The molecule has 0 unspecified atom stereocenters. The molecule has 2 heterocycles. The normalized spacial score (nSPS) is 15.0. The van der Waals surface area contributed by atoms with Gasteiger partial charge in [0.25, 0.3) is 0 Å². The number of allylic oxidation sites excluding steroid dienone is 1. The summed E-state index contributed by atoms with van der Waals surface area (Å²) in [6, 6.07) is 19.9. The van der Waals surface area contributed by atoms with Gasteiger partial charge in [0, 0.05) is 41.8 Å². The number of aryl methyl sites for hydroxylation is 2. The van der Waals surface area contributed by atoms with Gasteiger partial charge in [-0.15, -0.1) is 0 Å². The van der Waals surface area contributed by atoms with Crippen molar-refractivity contribution in [3.05, 3.63) is 96.0 Å². The zero-order valence-corrected chi connectivity index (χ0v) is 21.2. The van der Waals surface area contributed by atoms with Crippen LogP contribution in [0, 0.1) is 18.7 Å². The van der Waals surface area contributed by atoms with E-state index in [0.717, 1.165) is 70.7 Å². The van der Waals surface area contributed by atoms with Crippen LogP contribution in [0.2, 0.25) is 0 Å². The van der Waals surface area contributed by atoms with E-state index in [1.54, 1.807) is 18.2 Å². The van der Waals surface area contributed by atoms with E-state index in [4.69, 9.17) is 5.10 Å². The molecule has 0 amide bonds. The van der Waals surface area contributed by atoms with E-state index in [0.29, 0.717) is 11.4 Å². The maximum atomic E-state index is 14.1. The minimum Gasteiger partial charge on any atom is -0.299 e. The third-order valence-electron chi connectivity index (χ3n) is 7.38. The molecular weight excluding hydrogens is 473 g/mol. The summed E-state index contributed by atoms with van der Waals surface area (Å²) >= 11 is 0. The van der Waals surface area contributed by atoms with Crippen molar-refractivity contribution in [1.82, 2.24) is 14.7 Å². The first kappa shape index (κ1) is 25.1. The molecule has 7 heteroatoms. The molecule has 4 aromatic rings. The van der Waals surface area contributed by atoms with E-state index in [9.17, 15) is 13.2 Å². The lowest BCUT2D eigenvalue weighted by atomic mass is 9.92. The molecule has 0 N–H and O–H groups in total. The van der Waals surface area contributed by atoms with E-state index in [2.05, 4.69) is 17.5 Å². The number of hydrogen-bond acceptors (Lipinski definition) is 3. The van der Waals surface area contributed by atoms with Gasteiger partial charge in [-0.25, -0.2) is 4.39 Å². The maximum absolute atomic E-state index is 14.1. The van der Waals surface area contributed by atoms with Crippen molar-refractivity contribution < 1.29 is 13.2 Å². The zero-order chi connectivity index (χ0) is 26.1. The average molecular weight is 505 g/mol. The Morgan fingerprint density at radius 2 is 1.78 bits per heavy atom. The van der Waals surface area contributed by atoms with Crippen LogP contribution in [0.5, 0.6) is 0 Å². The van der Waals surface area contributed by atoms with Crippen molar-refractivity contribution in [1.29, 1.82) is 0 Å². The average Bonchev–Trinajstić information content (AvgIpc) is 3.23. The van der Waals surface area contributed by atoms with E-state index in [1.807, 2.05) is 49.0 Å². The molecule has 3 aromatic carbocycles. The standard InChI is InChI=1S/C30H31F3N4/c1-20-8-4-5-13-27(20)37(30(32)33)21(2)22-14-16-36(17-15-22)19-24-10-7-12-26-28(34-35(3)29(24)26)23-9-6-11-25(31)18-23/h4-13,18,22,30H,2,14-17,19H2,1,3H3. The Balaban J connectivity index is 1.31. The van der Waals surface area contributed by atoms with Gasteiger partial charge in [0.2, 0.25) is 0 Å². The molecule has 1 aliphatic heterocycles. The molecule has 1 aromatic heterocycles. The van der Waals surface area contributed by atoms with Crippen LogP contribution in [0.1, 0.15) is 24.0 Å². The predicted octanol–water partition coefficient (Wildman–Crippen LogP) is 7.14. The first-order chi connectivity index (χ1) is 17.8. The second-order valence-electron chi connectivity index (χ2n) is 9.77. The van der Waals surface area contributed by atoms with Crippen molar-refractivity contribution in [3.8, 4) is 11.3 Å². The highest BCUT2D eigenvalue weighted by molar-refractivity contribution is 5.95. The summed E-state index contributed by atoms with van der Waals surface area (Å²) in [6.07, 6.45) is 1.54. The lowest BCUT2D eigenvalue weighted by molar-refractivity contribution is 0.139. The van der Waals surface area contributed by atoms with Gasteiger partial charge in [-0.05, 0) is 62.2 Å². The predicted molar refractivity (Wildman–Crippen MR) is 143 cm³/mol. The van der Waals surface area contributed by atoms with Gasteiger partial charge in [0.1, 0.15) is 11.5 Å². The number of alkyl halides is 2. The number of rotatable bonds is 7. The third kappa shape index (κ3) is 5.01. The topological polar surface area (TPSA) is 24.3 Å². The number of fused-ring (bicyclic) bond motifs is 1. The van der Waals surface area contributed by atoms with E-state index < -0.39 is 6.55 Å². The molecular formula is C30H31F3N4. The second kappa shape index (κ2) is 10.4. The number of hydrogen-bond donors (Lipinski definition) is 0. The van der Waals surface area contributed by atoms with Gasteiger partial charge < -0.3 is 0 Å². The summed E-state index contributed by atoms with van der Waals surface area (Å²) in [5.74, 6) is -0.290. The number of likely N-dealkylation sites (tertiary alicyclic amines) is 1. The van der Waals surface area contributed by atoms with Crippen molar-refractivity contribution >= 4 is 16.6 Å². The number of nitrogens with zero attached hydrogens (tertiary/aromatic N) is 4. The molecule has 0 radical (unpaired) electrons. The van der Waals surface area contributed by atoms with Crippen molar-refractivity contribution in [2.24, 2.45) is 13.0 Å². The van der Waals surface area contributed by atoms with Gasteiger partial charge >= 0.3 is 6.55 Å². The number of benzene rings is 3. The molecule has 1 aliphatic rings. The molecule has 192 valence electrons. The summed E-state index contributed by atoms with van der Waals surface area (Å²) in [5, 5.41) is 5.69. The quantitative estimate of drug-likeness (QED) is 0.250. The molecule has 1 saturated heterocycles. The lowest BCUT2D eigenvalue weighted by Crippen LogP contribution is -2.38. The number of anilines is 1. The molecule has 0 saturated carbocycles. The number of aromatic nitrogens is 2. The first-order valence-electron chi connectivity index (χ1n) is 12.6. The number of piperidine rings is 1. The third-order valence-corrected chi connectivity index (χ3v) is 7.38. The highest BCUT2D eigenvalue weighted by Crippen LogP contribution is 2.35. The Kier molecular flexibility index (Phi) is 7.07. The van der Waals surface area contributed by atoms with Gasteiger partial charge in [-0.1, -0.05) is 55.1 Å². The van der Waals surface area contributed by atoms with Crippen LogP contribution in [-0.2, 0) is 13.6 Å².